The number of rotatable bonds is 2. The van der Waals surface area contributed by atoms with Crippen molar-refractivity contribution in [1.29, 1.82) is 0 Å². The SMILES string of the molecule is O=C(O)C1c2ccccc2CCN1C(=O)c1cccc2c1CCC2. The van der Waals surface area contributed by atoms with Gasteiger partial charge in [0.05, 0.1) is 0 Å². The Bertz CT molecular complexity index is 827. The molecule has 1 aliphatic carbocycles. The third-order valence-corrected chi connectivity index (χ3v) is 5.15. The average Bonchev–Trinajstić information content (AvgIpc) is 3.08. The van der Waals surface area contributed by atoms with Gasteiger partial charge in [-0.15, -0.1) is 0 Å². The zero-order valence-electron chi connectivity index (χ0n) is 13.4. The largest absolute Gasteiger partial charge is 0.479 e. The van der Waals surface area contributed by atoms with Crippen molar-refractivity contribution < 1.29 is 14.7 Å². The lowest BCUT2D eigenvalue weighted by Gasteiger charge is -2.35. The van der Waals surface area contributed by atoms with Gasteiger partial charge in [0.15, 0.2) is 6.04 Å². The molecule has 122 valence electrons. The number of carboxylic acid groups (broad SMARTS) is 1. The Hall–Kier alpha value is -2.62. The van der Waals surface area contributed by atoms with Crippen LogP contribution in [0.1, 0.15) is 45.1 Å². The number of fused-ring (bicyclic) bond motifs is 2. The molecule has 24 heavy (non-hydrogen) atoms. The second kappa shape index (κ2) is 5.78. The lowest BCUT2D eigenvalue weighted by atomic mass is 9.91. The van der Waals surface area contributed by atoms with Gasteiger partial charge in [-0.05, 0) is 54.0 Å². The molecule has 0 saturated heterocycles. The summed E-state index contributed by atoms with van der Waals surface area (Å²) in [4.78, 5) is 26.6. The van der Waals surface area contributed by atoms with Gasteiger partial charge in [-0.3, -0.25) is 4.79 Å². The summed E-state index contributed by atoms with van der Waals surface area (Å²) in [7, 11) is 0. The molecule has 0 radical (unpaired) electrons. The van der Waals surface area contributed by atoms with Crippen LogP contribution in [0.15, 0.2) is 42.5 Å². The van der Waals surface area contributed by atoms with Gasteiger partial charge < -0.3 is 10.0 Å². The summed E-state index contributed by atoms with van der Waals surface area (Å²) in [6.07, 6.45) is 3.66. The zero-order chi connectivity index (χ0) is 16.7. The van der Waals surface area contributed by atoms with Gasteiger partial charge in [0, 0.05) is 12.1 Å². The highest BCUT2D eigenvalue weighted by Crippen LogP contribution is 2.33. The van der Waals surface area contributed by atoms with Crippen LogP contribution in [-0.4, -0.2) is 28.4 Å². The number of carbonyl (C=O) groups excluding carboxylic acids is 1. The molecule has 1 unspecified atom stereocenters. The van der Waals surface area contributed by atoms with Gasteiger partial charge in [-0.1, -0.05) is 36.4 Å². The normalized spacial score (nSPS) is 18.8. The van der Waals surface area contributed by atoms with Crippen molar-refractivity contribution in [3.8, 4) is 0 Å². The number of hydrogen-bond donors (Lipinski definition) is 1. The van der Waals surface area contributed by atoms with E-state index in [4.69, 9.17) is 0 Å². The molecule has 4 heteroatoms. The Morgan fingerprint density at radius 3 is 2.58 bits per heavy atom. The van der Waals surface area contributed by atoms with Gasteiger partial charge in [-0.25, -0.2) is 4.79 Å². The van der Waals surface area contributed by atoms with Crippen LogP contribution in [0, 0.1) is 0 Å². The number of carboxylic acids is 1. The lowest BCUT2D eigenvalue weighted by molar-refractivity contribution is -0.143. The van der Waals surface area contributed by atoms with Gasteiger partial charge in [-0.2, -0.15) is 0 Å². The first-order valence-electron chi connectivity index (χ1n) is 8.39. The number of carbonyl (C=O) groups is 2. The minimum atomic E-state index is -0.969. The van der Waals surface area contributed by atoms with Crippen LogP contribution in [0.3, 0.4) is 0 Å². The molecule has 1 aliphatic heterocycles. The van der Waals surface area contributed by atoms with E-state index in [0.717, 1.165) is 36.0 Å². The summed E-state index contributed by atoms with van der Waals surface area (Å²) < 4.78 is 0. The van der Waals surface area contributed by atoms with E-state index in [0.29, 0.717) is 18.5 Å². The van der Waals surface area contributed by atoms with Crippen molar-refractivity contribution in [2.24, 2.45) is 0 Å². The van der Waals surface area contributed by atoms with Crippen LogP contribution in [0.25, 0.3) is 0 Å². The van der Waals surface area contributed by atoms with E-state index >= 15 is 0 Å². The van der Waals surface area contributed by atoms with E-state index in [-0.39, 0.29) is 5.91 Å². The first kappa shape index (κ1) is 14.9. The third kappa shape index (κ3) is 2.30. The Labute approximate surface area is 140 Å². The van der Waals surface area contributed by atoms with Crippen molar-refractivity contribution in [1.82, 2.24) is 4.90 Å². The molecule has 2 aromatic rings. The number of benzene rings is 2. The van der Waals surface area contributed by atoms with Crippen LogP contribution in [-0.2, 0) is 24.1 Å². The smallest absolute Gasteiger partial charge is 0.331 e. The van der Waals surface area contributed by atoms with E-state index in [9.17, 15) is 14.7 Å². The van der Waals surface area contributed by atoms with Crippen molar-refractivity contribution in [2.45, 2.75) is 31.7 Å². The molecule has 1 heterocycles. The number of nitrogens with zero attached hydrogens (tertiary/aromatic N) is 1. The Morgan fingerprint density at radius 2 is 1.75 bits per heavy atom. The highest BCUT2D eigenvalue weighted by Gasteiger charge is 2.37. The highest BCUT2D eigenvalue weighted by molar-refractivity contribution is 5.99. The summed E-state index contributed by atoms with van der Waals surface area (Å²) in [5, 5.41) is 9.75. The molecule has 2 aliphatic rings. The third-order valence-electron chi connectivity index (χ3n) is 5.15. The lowest BCUT2D eigenvalue weighted by Crippen LogP contribution is -2.43. The number of aliphatic carboxylic acids is 1. The van der Waals surface area contributed by atoms with Crippen LogP contribution >= 0.6 is 0 Å². The second-order valence-corrected chi connectivity index (χ2v) is 6.48. The molecule has 0 bridgehead atoms. The summed E-state index contributed by atoms with van der Waals surface area (Å²) in [6, 6.07) is 12.4. The predicted octanol–water partition coefficient (Wildman–Crippen LogP) is 3.00. The quantitative estimate of drug-likeness (QED) is 0.925. The van der Waals surface area contributed by atoms with Crippen molar-refractivity contribution >= 4 is 11.9 Å². The first-order chi connectivity index (χ1) is 11.7. The van der Waals surface area contributed by atoms with Crippen LogP contribution in [0.4, 0.5) is 0 Å². The number of hydrogen-bond acceptors (Lipinski definition) is 2. The Balaban J connectivity index is 1.75. The zero-order valence-corrected chi connectivity index (χ0v) is 13.4. The standard InChI is InChI=1S/C20H19NO3/c22-19(17-10-4-7-13-6-3-9-15(13)17)21-12-11-14-5-1-2-8-16(14)18(21)20(23)24/h1-2,4-5,7-8,10,18H,3,6,9,11-12H2,(H,23,24). The predicted molar refractivity (Wildman–Crippen MR) is 90.0 cm³/mol. The summed E-state index contributed by atoms with van der Waals surface area (Å²) >= 11 is 0. The maximum Gasteiger partial charge on any atom is 0.331 e. The molecular weight excluding hydrogens is 302 g/mol. The fraction of sp³-hybridized carbons (Fsp3) is 0.300. The molecule has 4 rings (SSSR count). The molecule has 2 aromatic carbocycles. The molecule has 4 nitrogen and oxygen atoms in total. The number of amides is 1. The van der Waals surface area contributed by atoms with E-state index in [1.165, 1.54) is 10.5 Å². The van der Waals surface area contributed by atoms with Crippen LogP contribution in [0.5, 0.6) is 0 Å². The minimum Gasteiger partial charge on any atom is -0.479 e. The molecule has 1 N–H and O–H groups in total. The first-order valence-corrected chi connectivity index (χ1v) is 8.39. The highest BCUT2D eigenvalue weighted by atomic mass is 16.4. The summed E-state index contributed by atoms with van der Waals surface area (Å²) in [5.74, 6) is -1.13. The second-order valence-electron chi connectivity index (χ2n) is 6.48. The Kier molecular flexibility index (Phi) is 3.60. The van der Waals surface area contributed by atoms with Crippen molar-refractivity contribution in [2.75, 3.05) is 6.54 Å². The fourth-order valence-corrected chi connectivity index (χ4v) is 4.03. The molecule has 1 atom stereocenters. The van der Waals surface area contributed by atoms with Gasteiger partial charge >= 0.3 is 5.97 Å². The van der Waals surface area contributed by atoms with Crippen LogP contribution < -0.4 is 0 Å². The maximum atomic E-state index is 13.1. The molecular formula is C20H19NO3. The summed E-state index contributed by atoms with van der Waals surface area (Å²) in [6.45, 7) is 0.441. The Morgan fingerprint density at radius 1 is 0.958 bits per heavy atom. The van der Waals surface area contributed by atoms with E-state index in [1.807, 2.05) is 36.4 Å². The molecule has 0 fully saturated rings. The van der Waals surface area contributed by atoms with Crippen molar-refractivity contribution in [3.63, 3.8) is 0 Å². The molecule has 1 amide bonds. The fourth-order valence-electron chi connectivity index (χ4n) is 4.03. The van der Waals surface area contributed by atoms with Gasteiger partial charge in [0.1, 0.15) is 0 Å². The topological polar surface area (TPSA) is 57.6 Å². The van der Waals surface area contributed by atoms with Gasteiger partial charge in [0.2, 0.25) is 0 Å². The van der Waals surface area contributed by atoms with Crippen molar-refractivity contribution in [3.05, 3.63) is 70.3 Å². The van der Waals surface area contributed by atoms with E-state index in [1.54, 1.807) is 0 Å². The molecule has 0 saturated carbocycles. The maximum absolute atomic E-state index is 13.1. The minimum absolute atomic E-state index is 0.157. The number of aryl methyl sites for hydroxylation is 1. The molecule has 0 spiro atoms. The van der Waals surface area contributed by atoms with Gasteiger partial charge in [0.25, 0.3) is 5.91 Å². The van der Waals surface area contributed by atoms with Crippen LogP contribution in [0.2, 0.25) is 0 Å². The van der Waals surface area contributed by atoms with E-state index < -0.39 is 12.0 Å². The molecule has 0 aromatic heterocycles. The average molecular weight is 321 g/mol. The van der Waals surface area contributed by atoms with E-state index in [2.05, 4.69) is 6.07 Å². The monoisotopic (exact) mass is 321 g/mol. The summed E-state index contributed by atoms with van der Waals surface area (Å²) in [5.41, 5.74) is 4.76.